The van der Waals surface area contributed by atoms with Gasteiger partial charge in [-0.2, -0.15) is 8.91 Å². The molecule has 60 heavy (non-hydrogen) atoms. The topological polar surface area (TPSA) is 331 Å². The van der Waals surface area contributed by atoms with Crippen LogP contribution in [0.2, 0.25) is 0 Å². The second-order valence-electron chi connectivity index (χ2n) is 13.9. The molecule has 1 fully saturated rings. The van der Waals surface area contributed by atoms with Gasteiger partial charge in [-0.15, -0.1) is 0 Å². The molecule has 1 spiro atoms. The number of hydrogen-bond donors (Lipinski definition) is 0. The van der Waals surface area contributed by atoms with E-state index in [-0.39, 0.29) is 328 Å². The molecule has 2 atom stereocenters. The predicted octanol–water partition coefficient (Wildman–Crippen LogP) is -15.0. The summed E-state index contributed by atoms with van der Waals surface area (Å²) in [6, 6.07) is 3.32. The number of rotatable bonds is 13. The van der Waals surface area contributed by atoms with E-state index in [1.54, 1.807) is 0 Å². The minimum Gasteiger partial charge on any atom is -0.748 e. The molecule has 5 rings (SSSR count). The number of benzene rings is 2. The van der Waals surface area contributed by atoms with Crippen LogP contribution in [0.15, 0.2) is 67.8 Å². The van der Waals surface area contributed by atoms with E-state index in [1.807, 2.05) is 0 Å². The van der Waals surface area contributed by atoms with E-state index in [0.29, 0.717) is 6.07 Å². The van der Waals surface area contributed by atoms with E-state index in [1.165, 1.54) is 56.6 Å². The molecule has 3 aliphatic rings. The second kappa shape index (κ2) is 23.8. The Morgan fingerprint density at radius 2 is 1.33 bits per heavy atom. The quantitative estimate of drug-likeness (QED) is 0.0342. The number of nitrogens with zero attached hydrogens (tertiary/aromatic N) is 2. The molecule has 31 heteroatoms. The fourth-order valence-corrected chi connectivity index (χ4v) is 12.4. The fourth-order valence-electron chi connectivity index (χ4n) is 7.85. The Labute approximate surface area is 565 Å². The van der Waals surface area contributed by atoms with Crippen molar-refractivity contribution in [2.24, 2.45) is 0 Å². The molecule has 1 saturated heterocycles. The summed E-state index contributed by atoms with van der Waals surface area (Å²) in [4.78, 5) is -3.16. The number of allylic oxidation sites excluding steroid dienone is 4. The Morgan fingerprint density at radius 1 is 0.783 bits per heavy atom. The van der Waals surface area contributed by atoms with E-state index in [2.05, 4.69) is 9.37 Å². The van der Waals surface area contributed by atoms with Gasteiger partial charge in [-0.3, -0.25) is 5.04 Å². The minimum atomic E-state index is -5.55. The predicted molar refractivity (Wildman–Crippen MR) is 182 cm³/mol. The van der Waals surface area contributed by atoms with Crippen molar-refractivity contribution in [1.82, 2.24) is 4.48 Å². The Kier molecular flexibility index (Phi) is 26.0. The number of hydrogen-bond acceptors (Lipinski definition) is 19. The Balaban J connectivity index is 0.00000696. The van der Waals surface area contributed by atoms with Gasteiger partial charge in [0.05, 0.1) is 66.2 Å². The van der Waals surface area contributed by atoms with Crippen LogP contribution in [0.4, 0.5) is 11.4 Å². The molecule has 20 nitrogen and oxygen atoms in total. The van der Waals surface area contributed by atoms with Crippen LogP contribution in [0, 0.1) is 0 Å². The summed E-state index contributed by atoms with van der Waals surface area (Å²) < 4.78 is 189. The Morgan fingerprint density at radius 3 is 1.78 bits per heavy atom. The maximum atomic E-state index is 12.7. The zero-order valence-electron chi connectivity index (χ0n) is 33.8. The molecule has 0 bridgehead atoms. The summed E-state index contributed by atoms with van der Waals surface area (Å²) >= 11 is 0.246. The number of fused-ring (bicyclic) bond motifs is 3. The van der Waals surface area contributed by atoms with Crippen LogP contribution in [-0.4, -0.2) is 99.4 Å². The van der Waals surface area contributed by atoms with E-state index < -0.39 is 97.4 Å². The zero-order valence-corrected chi connectivity index (χ0v) is 54.4. The zero-order chi connectivity index (χ0) is 41.5. The molecule has 0 amide bonds. The average molecular weight is 1080 g/mol. The van der Waals surface area contributed by atoms with E-state index in [0.717, 1.165) is 12.1 Å². The largest absolute Gasteiger partial charge is 1.00 e. The smallest absolute Gasteiger partial charge is 0.748 e. The molecule has 0 aromatic heterocycles. The van der Waals surface area contributed by atoms with Gasteiger partial charge >= 0.3 is 257 Å². The van der Waals surface area contributed by atoms with Crippen LogP contribution in [0.1, 0.15) is 51.7 Å². The van der Waals surface area contributed by atoms with Gasteiger partial charge in [-0.05, 0) is 45.9 Å². The van der Waals surface area contributed by atoms with Crippen LogP contribution in [-0.2, 0) is 70.8 Å². The van der Waals surface area contributed by atoms with Crippen LogP contribution < -0.4 is 267 Å². The normalized spacial score (nSPS) is 21.2. The van der Waals surface area contributed by atoms with E-state index in [9.17, 15) is 70.1 Å². The minimum absolute atomic E-state index is 0. The first kappa shape index (κ1) is 65.5. The molecule has 2 unspecified atom stereocenters. The van der Waals surface area contributed by atoms with Crippen molar-refractivity contribution >= 4 is 79.7 Å². The van der Waals surface area contributed by atoms with E-state index >= 15 is 0 Å². The third-order valence-corrected chi connectivity index (χ3v) is 15.0. The molecular formula is C29H30K5N2O18S6+. The maximum absolute atomic E-state index is 12.7. The van der Waals surface area contributed by atoms with Gasteiger partial charge in [0.1, 0.15) is 48.3 Å². The summed E-state index contributed by atoms with van der Waals surface area (Å²) in [6.45, 7) is 5.24. The first-order chi connectivity index (χ1) is 24.9. The van der Waals surface area contributed by atoms with Crippen molar-refractivity contribution < 1.29 is 341 Å². The molecular weight excluding hydrogens is 1050 g/mol. The molecule has 3 heterocycles. The Bertz CT molecular complexity index is 2670. The van der Waals surface area contributed by atoms with Crippen LogP contribution in [0.25, 0.3) is 0 Å². The molecule has 2 aromatic rings. The SMILES string of the molecule is CC1(C)C(C=C/C=C2\C(C)(C)c3c(cc(S(=O)(=O)[O-])cc3S(=O)(=O)[O-])[N+]23CCC3S(=O)(=O)[O-])=[N+](CCCS(=O)(=O)[O-])c2cc(SOO[O-])cc(S(=O)(=O)[O-])c21.[K+].[K+].[K+].[K+].[K+]. The van der Waals surface area contributed by atoms with Crippen LogP contribution in [0.5, 0.6) is 0 Å². The van der Waals surface area contributed by atoms with Crippen molar-refractivity contribution in [2.45, 2.75) is 76.3 Å². The summed E-state index contributed by atoms with van der Waals surface area (Å²) in [5.74, 6) is -0.863. The monoisotopic (exact) mass is 1080 g/mol. The summed E-state index contributed by atoms with van der Waals surface area (Å²) in [7, 11) is -26.3. The van der Waals surface area contributed by atoms with E-state index in [4.69, 9.17) is 0 Å². The molecule has 2 aromatic carbocycles. The van der Waals surface area contributed by atoms with Crippen molar-refractivity contribution in [1.29, 1.82) is 0 Å². The van der Waals surface area contributed by atoms with Gasteiger partial charge in [0.15, 0.2) is 21.2 Å². The fraction of sp³-hybridized carbons (Fsp3) is 0.414. The van der Waals surface area contributed by atoms with Gasteiger partial charge in [0.25, 0.3) is 0 Å². The van der Waals surface area contributed by atoms with Crippen molar-refractivity contribution in [3.8, 4) is 0 Å². The van der Waals surface area contributed by atoms with Gasteiger partial charge in [0.2, 0.25) is 5.69 Å². The van der Waals surface area contributed by atoms with Crippen molar-refractivity contribution in [3.05, 3.63) is 59.3 Å². The van der Waals surface area contributed by atoms with Crippen LogP contribution in [0.3, 0.4) is 0 Å². The standard InChI is InChI=1S/C29H34N2O18S6.5K/c1-28(2)23(30(10-6-12-51(33,34)35)19-13-17(50-49-48-32)14-21(26(19)28)53(39,40)41)7-5-8-24-29(3,4)27-20(31(24)11-9-25(31)55(45,46)47)15-18(52(36,37)38)16-22(27)54(42,43)44;;;;;/h5,7-8,13-16,25H,6,9-12H2,1-4H3,(H4-2,32,33,34,35,36,37,38,39,40,41,42,43,44,45,46,47);;;;;/q;5*+1/p-4/b7-5?,24-8+;;;;;. The molecule has 304 valence electrons. The molecule has 0 N–H and O–H groups in total. The Hall–Kier alpha value is 5.51. The molecule has 0 saturated carbocycles. The van der Waals surface area contributed by atoms with Crippen molar-refractivity contribution in [2.75, 3.05) is 18.8 Å². The molecule has 3 aliphatic heterocycles. The van der Waals surface area contributed by atoms with Gasteiger partial charge in [-0.25, -0.2) is 46.6 Å². The first-order valence-electron chi connectivity index (χ1n) is 15.6. The second-order valence-corrected chi connectivity index (χ2v) is 21.8. The number of quaternary nitrogens is 1. The van der Waals surface area contributed by atoms with Gasteiger partial charge < -0.3 is 28.0 Å². The third-order valence-electron chi connectivity index (χ3n) is 9.91. The molecule has 0 radical (unpaired) electrons. The average Bonchev–Trinajstić information content (AvgIpc) is 3.33. The third kappa shape index (κ3) is 13.7. The molecule has 0 aliphatic carbocycles. The van der Waals surface area contributed by atoms with Crippen LogP contribution >= 0.6 is 12.0 Å². The first-order valence-corrected chi connectivity index (χ1v) is 23.6. The summed E-state index contributed by atoms with van der Waals surface area (Å²) in [6.07, 6.45) is 3.28. The van der Waals surface area contributed by atoms with Gasteiger partial charge in [0, 0.05) is 40.8 Å². The summed E-state index contributed by atoms with van der Waals surface area (Å²) in [5, 5.41) is 12.0. The van der Waals surface area contributed by atoms with Crippen molar-refractivity contribution in [3.63, 3.8) is 0 Å². The summed E-state index contributed by atoms with van der Waals surface area (Å²) in [5.41, 5.74) is -3.77. The van der Waals surface area contributed by atoms with Gasteiger partial charge in [-0.1, -0.05) is 6.08 Å². The maximum Gasteiger partial charge on any atom is 1.00 e.